The summed E-state index contributed by atoms with van der Waals surface area (Å²) >= 11 is 0. The summed E-state index contributed by atoms with van der Waals surface area (Å²) in [4.78, 5) is 12.1. The first-order valence-corrected chi connectivity index (χ1v) is 8.55. The Labute approximate surface area is 134 Å². The quantitative estimate of drug-likeness (QED) is 0.896. The predicted molar refractivity (Wildman–Crippen MR) is 81.9 cm³/mol. The van der Waals surface area contributed by atoms with E-state index in [0.717, 1.165) is 16.4 Å². The van der Waals surface area contributed by atoms with E-state index in [2.05, 4.69) is 5.32 Å². The van der Waals surface area contributed by atoms with Crippen LogP contribution in [0.15, 0.2) is 18.2 Å². The van der Waals surface area contributed by atoms with Gasteiger partial charge in [-0.25, -0.2) is 8.78 Å². The van der Waals surface area contributed by atoms with E-state index in [1.165, 1.54) is 24.5 Å². The van der Waals surface area contributed by atoms with Gasteiger partial charge in [0.2, 0.25) is 5.91 Å². The van der Waals surface area contributed by atoms with Gasteiger partial charge in [-0.3, -0.25) is 4.79 Å². The number of hydrogen-bond donors (Lipinski definition) is 1. The highest BCUT2D eigenvalue weighted by Crippen LogP contribution is 2.22. The van der Waals surface area contributed by atoms with Crippen LogP contribution in [0.5, 0.6) is 0 Å². The molecule has 0 spiro atoms. The number of nitrogens with zero attached hydrogens (tertiary/aromatic N) is 2. The Morgan fingerprint density at radius 1 is 1.22 bits per heavy atom. The molecular formula is C14H19F2N3O3S. The van der Waals surface area contributed by atoms with Crippen molar-refractivity contribution in [1.29, 1.82) is 0 Å². The van der Waals surface area contributed by atoms with E-state index in [4.69, 9.17) is 0 Å². The van der Waals surface area contributed by atoms with Crippen LogP contribution < -0.4 is 5.32 Å². The molecule has 128 valence electrons. The first-order chi connectivity index (χ1) is 10.7. The summed E-state index contributed by atoms with van der Waals surface area (Å²) in [5.41, 5.74) is 0.178. The number of rotatable bonds is 4. The third kappa shape index (κ3) is 4.04. The summed E-state index contributed by atoms with van der Waals surface area (Å²) in [6, 6.07) is 3.14. The lowest BCUT2D eigenvalue weighted by atomic mass is 9.97. The number of amides is 1. The Kier molecular flexibility index (Phi) is 5.33. The molecule has 6 nitrogen and oxygen atoms in total. The monoisotopic (exact) mass is 347 g/mol. The number of carbonyl (C=O) groups excluding carboxylic acids is 1. The summed E-state index contributed by atoms with van der Waals surface area (Å²) in [5.74, 6) is -2.70. The zero-order valence-corrected chi connectivity index (χ0v) is 13.7. The molecule has 9 heteroatoms. The number of piperidine rings is 1. The highest BCUT2D eigenvalue weighted by atomic mass is 32.2. The lowest BCUT2D eigenvalue weighted by Crippen LogP contribution is -2.46. The van der Waals surface area contributed by atoms with Crippen LogP contribution in [0.2, 0.25) is 0 Å². The summed E-state index contributed by atoms with van der Waals surface area (Å²) < 4.78 is 52.4. The van der Waals surface area contributed by atoms with E-state index in [-0.39, 0.29) is 30.6 Å². The van der Waals surface area contributed by atoms with Crippen molar-refractivity contribution in [2.24, 2.45) is 5.92 Å². The first-order valence-electron chi connectivity index (χ1n) is 7.15. The molecule has 1 amide bonds. The smallest absolute Gasteiger partial charge is 0.281 e. The molecule has 1 N–H and O–H groups in total. The van der Waals surface area contributed by atoms with E-state index in [1.54, 1.807) is 0 Å². The van der Waals surface area contributed by atoms with Crippen LogP contribution in [0.1, 0.15) is 12.8 Å². The molecule has 23 heavy (non-hydrogen) atoms. The predicted octanol–water partition coefficient (Wildman–Crippen LogP) is 1.42. The molecule has 1 aliphatic heterocycles. The second-order valence-electron chi connectivity index (χ2n) is 5.58. The van der Waals surface area contributed by atoms with Gasteiger partial charge in [0.25, 0.3) is 10.2 Å². The number of nitrogens with one attached hydrogen (secondary N) is 1. The van der Waals surface area contributed by atoms with Gasteiger partial charge in [0, 0.05) is 44.9 Å². The SMILES string of the molecule is CN(C)S(=O)(=O)N1CCC(C(=O)Nc2ccc(F)c(F)c2)CC1. The van der Waals surface area contributed by atoms with Crippen molar-refractivity contribution in [3.05, 3.63) is 29.8 Å². The largest absolute Gasteiger partial charge is 0.326 e. The highest BCUT2D eigenvalue weighted by Gasteiger charge is 2.32. The number of anilines is 1. The Hall–Kier alpha value is -1.58. The van der Waals surface area contributed by atoms with Crippen LogP contribution in [0.25, 0.3) is 0 Å². The second-order valence-corrected chi connectivity index (χ2v) is 7.72. The Bertz CT molecular complexity index is 687. The van der Waals surface area contributed by atoms with Crippen LogP contribution in [0.3, 0.4) is 0 Å². The molecule has 0 aromatic heterocycles. The van der Waals surface area contributed by atoms with Gasteiger partial charge in [0.15, 0.2) is 11.6 Å². The topological polar surface area (TPSA) is 69.7 Å². The van der Waals surface area contributed by atoms with E-state index >= 15 is 0 Å². The normalized spacial score (nSPS) is 17.4. The van der Waals surface area contributed by atoms with Crippen LogP contribution in [0, 0.1) is 17.6 Å². The summed E-state index contributed by atoms with van der Waals surface area (Å²) in [7, 11) is -0.564. The van der Waals surface area contributed by atoms with Crippen LogP contribution in [0.4, 0.5) is 14.5 Å². The van der Waals surface area contributed by atoms with Gasteiger partial charge in [-0.1, -0.05) is 0 Å². The Balaban J connectivity index is 1.95. The minimum absolute atomic E-state index is 0.178. The van der Waals surface area contributed by atoms with Gasteiger partial charge in [0.1, 0.15) is 0 Å². The molecule has 0 saturated carbocycles. The van der Waals surface area contributed by atoms with Gasteiger partial charge in [-0.05, 0) is 25.0 Å². The van der Waals surface area contributed by atoms with Crippen molar-refractivity contribution >= 4 is 21.8 Å². The fourth-order valence-corrected chi connectivity index (χ4v) is 3.53. The maximum Gasteiger partial charge on any atom is 0.281 e. The van der Waals surface area contributed by atoms with Crippen LogP contribution >= 0.6 is 0 Å². The lowest BCUT2D eigenvalue weighted by molar-refractivity contribution is -0.120. The fourth-order valence-electron chi connectivity index (χ4n) is 2.40. The number of benzene rings is 1. The third-order valence-electron chi connectivity index (χ3n) is 3.80. The minimum atomic E-state index is -3.47. The van der Waals surface area contributed by atoms with E-state index < -0.39 is 21.8 Å². The Morgan fingerprint density at radius 3 is 2.35 bits per heavy atom. The van der Waals surface area contributed by atoms with E-state index in [0.29, 0.717) is 12.8 Å². The Morgan fingerprint density at radius 2 is 1.83 bits per heavy atom. The standard InChI is InChI=1S/C14H19F2N3O3S/c1-18(2)23(21,22)19-7-5-10(6-8-19)14(20)17-11-3-4-12(15)13(16)9-11/h3-4,9-10H,5-8H2,1-2H3,(H,17,20). The molecule has 0 bridgehead atoms. The summed E-state index contributed by atoms with van der Waals surface area (Å²) in [5, 5.41) is 2.53. The first kappa shape index (κ1) is 17.8. The van der Waals surface area contributed by atoms with Crippen molar-refractivity contribution in [2.75, 3.05) is 32.5 Å². The molecule has 1 aromatic rings. The molecule has 1 aliphatic rings. The molecule has 0 radical (unpaired) electrons. The number of carbonyl (C=O) groups is 1. The fraction of sp³-hybridized carbons (Fsp3) is 0.500. The zero-order valence-electron chi connectivity index (χ0n) is 12.9. The molecule has 0 unspecified atom stereocenters. The average molecular weight is 347 g/mol. The zero-order chi connectivity index (χ0) is 17.2. The van der Waals surface area contributed by atoms with Gasteiger partial charge >= 0.3 is 0 Å². The average Bonchev–Trinajstić information content (AvgIpc) is 2.51. The maximum absolute atomic E-state index is 13.1. The molecule has 1 fully saturated rings. The van der Waals surface area contributed by atoms with Gasteiger partial charge in [-0.2, -0.15) is 17.0 Å². The van der Waals surface area contributed by atoms with Gasteiger partial charge in [0.05, 0.1) is 0 Å². The summed E-state index contributed by atoms with van der Waals surface area (Å²) in [6.45, 7) is 0.493. The second kappa shape index (κ2) is 6.90. The molecule has 0 atom stereocenters. The van der Waals surface area contributed by atoms with E-state index in [1.807, 2.05) is 0 Å². The maximum atomic E-state index is 13.1. The van der Waals surface area contributed by atoms with Crippen molar-refractivity contribution in [2.45, 2.75) is 12.8 Å². The van der Waals surface area contributed by atoms with Crippen molar-refractivity contribution in [1.82, 2.24) is 8.61 Å². The van der Waals surface area contributed by atoms with Crippen LogP contribution in [-0.2, 0) is 15.0 Å². The molecule has 1 saturated heterocycles. The van der Waals surface area contributed by atoms with Crippen LogP contribution in [-0.4, -0.2) is 50.1 Å². The summed E-state index contributed by atoms with van der Waals surface area (Å²) in [6.07, 6.45) is 0.755. The molecular weight excluding hydrogens is 328 g/mol. The number of halogens is 2. The van der Waals surface area contributed by atoms with E-state index in [9.17, 15) is 22.0 Å². The van der Waals surface area contributed by atoms with Gasteiger partial charge < -0.3 is 5.32 Å². The lowest BCUT2D eigenvalue weighted by Gasteiger charge is -2.32. The molecule has 1 aromatic carbocycles. The van der Waals surface area contributed by atoms with Crippen molar-refractivity contribution < 1.29 is 22.0 Å². The number of hydrogen-bond acceptors (Lipinski definition) is 3. The molecule has 0 aliphatic carbocycles. The van der Waals surface area contributed by atoms with Crippen molar-refractivity contribution in [3.8, 4) is 0 Å². The molecule has 1 heterocycles. The van der Waals surface area contributed by atoms with Crippen molar-refractivity contribution in [3.63, 3.8) is 0 Å². The minimum Gasteiger partial charge on any atom is -0.326 e. The third-order valence-corrected chi connectivity index (χ3v) is 5.74. The van der Waals surface area contributed by atoms with Gasteiger partial charge in [-0.15, -0.1) is 0 Å². The highest BCUT2D eigenvalue weighted by molar-refractivity contribution is 7.86. The molecule has 2 rings (SSSR count).